The number of aliphatic hydroxyl groups excluding tert-OH is 1. The number of nitrogens with zero attached hydrogens (tertiary/aromatic N) is 3. The predicted molar refractivity (Wildman–Crippen MR) is 117 cm³/mol. The van der Waals surface area contributed by atoms with Crippen molar-refractivity contribution in [2.24, 2.45) is 17.8 Å². The smallest absolute Gasteiger partial charge is 0.414 e. The van der Waals surface area contributed by atoms with Crippen LogP contribution in [0.4, 0.5) is 4.79 Å². The van der Waals surface area contributed by atoms with Crippen LogP contribution in [0.3, 0.4) is 0 Å². The van der Waals surface area contributed by atoms with Gasteiger partial charge in [0, 0.05) is 0 Å². The Hall–Kier alpha value is -2.15. The fourth-order valence-electron chi connectivity index (χ4n) is 3.75. The second-order valence-corrected chi connectivity index (χ2v) is 9.06. The van der Waals surface area contributed by atoms with Crippen LogP contribution in [-0.4, -0.2) is 51.4 Å². The van der Waals surface area contributed by atoms with E-state index in [0.29, 0.717) is 29.8 Å². The Morgan fingerprint density at radius 1 is 1.17 bits per heavy atom. The summed E-state index contributed by atoms with van der Waals surface area (Å²) in [6.45, 7) is 12.4. The molecule has 30 heavy (non-hydrogen) atoms. The van der Waals surface area contributed by atoms with Crippen molar-refractivity contribution in [3.05, 3.63) is 24.3 Å². The molecule has 0 saturated heterocycles. The number of rotatable bonds is 8. The Morgan fingerprint density at radius 3 is 2.37 bits per heavy atom. The van der Waals surface area contributed by atoms with E-state index >= 15 is 0 Å². The first-order chi connectivity index (χ1) is 14.2. The van der Waals surface area contributed by atoms with Crippen molar-refractivity contribution >= 4 is 11.8 Å². The highest BCUT2D eigenvalue weighted by Gasteiger charge is 2.37. The van der Waals surface area contributed by atoms with Gasteiger partial charge in [-0.05, 0) is 50.9 Å². The summed E-state index contributed by atoms with van der Waals surface area (Å²) >= 11 is 0. The number of aliphatic hydroxyl groups is 1. The zero-order valence-corrected chi connectivity index (χ0v) is 19.2. The SMILES string of the molecule is CC(C)COC(=O)N1C(c2ncc(OC(C)C)cn2)=CCCC(CC(C)C)C1CO. The molecule has 2 atom stereocenters. The Bertz CT molecular complexity index is 701. The predicted octanol–water partition coefficient (Wildman–Crippen LogP) is 4.52. The first kappa shape index (κ1) is 24.1. The number of ether oxygens (including phenoxy) is 2. The molecule has 1 N–H and O–H groups in total. The van der Waals surface area contributed by atoms with Gasteiger partial charge in [-0.25, -0.2) is 14.8 Å². The van der Waals surface area contributed by atoms with Gasteiger partial charge in [0.1, 0.15) is 0 Å². The van der Waals surface area contributed by atoms with Crippen molar-refractivity contribution in [1.82, 2.24) is 14.9 Å². The van der Waals surface area contributed by atoms with Gasteiger partial charge in [0.05, 0.1) is 43.5 Å². The molecule has 0 aliphatic carbocycles. The van der Waals surface area contributed by atoms with Crippen LogP contribution in [0.25, 0.3) is 5.70 Å². The summed E-state index contributed by atoms with van der Waals surface area (Å²) in [6.07, 6.45) is 7.36. The van der Waals surface area contributed by atoms with Gasteiger partial charge in [0.25, 0.3) is 0 Å². The van der Waals surface area contributed by atoms with E-state index < -0.39 is 6.09 Å². The van der Waals surface area contributed by atoms with E-state index in [-0.39, 0.29) is 30.6 Å². The van der Waals surface area contributed by atoms with Crippen LogP contribution in [0.5, 0.6) is 5.75 Å². The van der Waals surface area contributed by atoms with E-state index in [1.165, 1.54) is 0 Å². The van der Waals surface area contributed by atoms with E-state index in [4.69, 9.17) is 9.47 Å². The molecule has 168 valence electrons. The van der Waals surface area contributed by atoms with Gasteiger partial charge in [-0.1, -0.05) is 33.8 Å². The summed E-state index contributed by atoms with van der Waals surface area (Å²) < 4.78 is 11.2. The summed E-state index contributed by atoms with van der Waals surface area (Å²) in [4.78, 5) is 23.6. The molecule has 1 aromatic heterocycles. The van der Waals surface area contributed by atoms with Crippen LogP contribution in [0.2, 0.25) is 0 Å². The van der Waals surface area contributed by atoms with Crippen LogP contribution >= 0.6 is 0 Å². The van der Waals surface area contributed by atoms with E-state index in [2.05, 4.69) is 23.8 Å². The molecule has 7 nitrogen and oxygen atoms in total. The number of carbonyl (C=O) groups excluding carboxylic acids is 1. The largest absolute Gasteiger partial charge is 0.488 e. The van der Waals surface area contributed by atoms with Gasteiger partial charge >= 0.3 is 6.09 Å². The normalized spacial score (nSPS) is 19.8. The molecule has 1 aliphatic rings. The maximum Gasteiger partial charge on any atom is 0.414 e. The fourth-order valence-corrected chi connectivity index (χ4v) is 3.75. The first-order valence-electron chi connectivity index (χ1n) is 11.0. The average molecular weight is 420 g/mol. The summed E-state index contributed by atoms with van der Waals surface area (Å²) in [5.41, 5.74) is 0.588. The molecular formula is C23H37N3O4. The lowest BCUT2D eigenvalue weighted by Gasteiger charge is -2.35. The van der Waals surface area contributed by atoms with Gasteiger partial charge in [-0.15, -0.1) is 0 Å². The molecule has 1 amide bonds. The van der Waals surface area contributed by atoms with Crippen molar-refractivity contribution < 1.29 is 19.4 Å². The maximum atomic E-state index is 13.1. The second kappa shape index (κ2) is 11.3. The zero-order valence-electron chi connectivity index (χ0n) is 19.2. The van der Waals surface area contributed by atoms with Gasteiger partial charge in [0.2, 0.25) is 0 Å². The number of hydrogen-bond acceptors (Lipinski definition) is 6. The fraction of sp³-hybridized carbons (Fsp3) is 0.696. The number of hydrogen-bond donors (Lipinski definition) is 1. The van der Waals surface area contributed by atoms with Gasteiger partial charge in [-0.3, -0.25) is 4.90 Å². The molecular weight excluding hydrogens is 382 g/mol. The number of aromatic nitrogens is 2. The molecule has 0 saturated carbocycles. The van der Waals surface area contributed by atoms with Crippen LogP contribution in [0.15, 0.2) is 18.5 Å². The van der Waals surface area contributed by atoms with Gasteiger partial charge < -0.3 is 14.6 Å². The lowest BCUT2D eigenvalue weighted by atomic mass is 9.87. The maximum absolute atomic E-state index is 13.1. The topological polar surface area (TPSA) is 84.8 Å². The molecule has 2 rings (SSSR count). The van der Waals surface area contributed by atoms with Crippen LogP contribution in [0, 0.1) is 17.8 Å². The molecule has 1 aromatic rings. The van der Waals surface area contributed by atoms with Crippen LogP contribution < -0.4 is 4.74 Å². The zero-order chi connectivity index (χ0) is 22.3. The Balaban J connectivity index is 2.38. The highest BCUT2D eigenvalue weighted by atomic mass is 16.6. The Labute approximate surface area is 180 Å². The molecule has 0 radical (unpaired) electrons. The minimum atomic E-state index is -0.462. The molecule has 0 fully saturated rings. The first-order valence-corrected chi connectivity index (χ1v) is 11.0. The molecule has 1 aliphatic heterocycles. The molecule has 2 heterocycles. The summed E-state index contributed by atoms with van der Waals surface area (Å²) in [5, 5.41) is 10.3. The Kier molecular flexibility index (Phi) is 9.08. The van der Waals surface area contributed by atoms with Crippen molar-refractivity contribution in [3.63, 3.8) is 0 Å². The molecule has 7 heteroatoms. The third-order valence-corrected chi connectivity index (χ3v) is 4.94. The van der Waals surface area contributed by atoms with Crippen LogP contribution in [0.1, 0.15) is 66.6 Å². The van der Waals surface area contributed by atoms with Crippen molar-refractivity contribution in [1.29, 1.82) is 0 Å². The third-order valence-electron chi connectivity index (χ3n) is 4.94. The van der Waals surface area contributed by atoms with E-state index in [1.54, 1.807) is 17.3 Å². The molecule has 2 unspecified atom stereocenters. The lowest BCUT2D eigenvalue weighted by molar-refractivity contribution is 0.0664. The standard InChI is InChI=1S/C23H37N3O4/c1-15(2)10-18-8-7-9-20(22-24-11-19(12-25-22)30-17(5)6)26(21(18)13-27)23(28)29-14-16(3)4/h9,11-12,15-18,21,27H,7-8,10,13-14H2,1-6H3. The number of allylic oxidation sites excluding steroid dienone is 1. The second-order valence-electron chi connectivity index (χ2n) is 9.06. The minimum absolute atomic E-state index is 0.0228. The lowest BCUT2D eigenvalue weighted by Crippen LogP contribution is -2.46. The van der Waals surface area contributed by atoms with Crippen molar-refractivity contribution in [2.45, 2.75) is 73.0 Å². The van der Waals surface area contributed by atoms with Crippen molar-refractivity contribution in [2.75, 3.05) is 13.2 Å². The molecule has 0 spiro atoms. The molecule has 0 aromatic carbocycles. The van der Waals surface area contributed by atoms with Gasteiger partial charge in [-0.2, -0.15) is 0 Å². The van der Waals surface area contributed by atoms with E-state index in [1.807, 2.05) is 33.8 Å². The summed E-state index contributed by atoms with van der Waals surface area (Å²) in [7, 11) is 0. The van der Waals surface area contributed by atoms with E-state index in [9.17, 15) is 9.90 Å². The quantitative estimate of drug-likeness (QED) is 0.667. The number of amides is 1. The van der Waals surface area contributed by atoms with Gasteiger partial charge in [0.15, 0.2) is 11.6 Å². The van der Waals surface area contributed by atoms with Crippen molar-refractivity contribution in [3.8, 4) is 5.75 Å². The third kappa shape index (κ3) is 6.69. The highest BCUT2D eigenvalue weighted by molar-refractivity contribution is 5.81. The van der Waals surface area contributed by atoms with E-state index in [0.717, 1.165) is 19.3 Å². The minimum Gasteiger partial charge on any atom is -0.488 e. The van der Waals surface area contributed by atoms with Crippen LogP contribution in [-0.2, 0) is 4.74 Å². The monoisotopic (exact) mass is 419 g/mol. The highest BCUT2D eigenvalue weighted by Crippen LogP contribution is 2.34. The summed E-state index contributed by atoms with van der Waals surface area (Å²) in [5.74, 6) is 1.85. The summed E-state index contributed by atoms with van der Waals surface area (Å²) in [6, 6.07) is -0.379. The Morgan fingerprint density at radius 2 is 1.83 bits per heavy atom. The molecule has 0 bridgehead atoms. The number of carbonyl (C=O) groups is 1. The average Bonchev–Trinajstić information content (AvgIpc) is 2.85.